The number of carbonyl (C=O) groups is 1. The molecular weight excluding hydrogens is 282 g/mol. The molecule has 0 bridgehead atoms. The minimum absolute atomic E-state index is 0.0137. The first-order chi connectivity index (χ1) is 10.6. The molecule has 2 heterocycles. The van der Waals surface area contributed by atoms with Crippen LogP contribution in [0.25, 0.3) is 0 Å². The van der Waals surface area contributed by atoms with Gasteiger partial charge >= 0.3 is 0 Å². The van der Waals surface area contributed by atoms with Gasteiger partial charge in [-0.05, 0) is 32.4 Å². The van der Waals surface area contributed by atoms with Crippen molar-refractivity contribution in [1.29, 1.82) is 0 Å². The van der Waals surface area contributed by atoms with E-state index in [0.29, 0.717) is 13.0 Å². The molecule has 1 aliphatic rings. The van der Waals surface area contributed by atoms with Crippen LogP contribution in [0.3, 0.4) is 0 Å². The van der Waals surface area contributed by atoms with Gasteiger partial charge in [0, 0.05) is 33.2 Å². The molecule has 0 aliphatic carbocycles. The third-order valence-electron chi connectivity index (χ3n) is 3.53. The van der Waals surface area contributed by atoms with Gasteiger partial charge in [-0.1, -0.05) is 0 Å². The molecule has 2 atom stereocenters. The van der Waals surface area contributed by atoms with Crippen molar-refractivity contribution in [2.45, 2.75) is 38.9 Å². The van der Waals surface area contributed by atoms with E-state index in [4.69, 9.17) is 9.47 Å². The Balaban J connectivity index is 1.88. The number of rotatable bonds is 6. The molecule has 1 amide bonds. The highest BCUT2D eigenvalue weighted by molar-refractivity contribution is 5.90. The Labute approximate surface area is 131 Å². The molecule has 1 aromatic heterocycles. The SMILES string of the molecule is COCCCC(=O)Nc1ccc(N2C[C@H](C)O[C@@H](C)C2)nc1. The van der Waals surface area contributed by atoms with E-state index in [0.717, 1.165) is 31.0 Å². The number of pyridine rings is 1. The number of hydrogen-bond acceptors (Lipinski definition) is 5. The quantitative estimate of drug-likeness (QED) is 0.815. The van der Waals surface area contributed by atoms with Crippen molar-refractivity contribution < 1.29 is 14.3 Å². The lowest BCUT2D eigenvalue weighted by Gasteiger charge is -2.36. The van der Waals surface area contributed by atoms with Crippen molar-refractivity contribution >= 4 is 17.4 Å². The van der Waals surface area contributed by atoms with Gasteiger partial charge in [-0.2, -0.15) is 0 Å². The van der Waals surface area contributed by atoms with Gasteiger partial charge in [-0.15, -0.1) is 0 Å². The molecule has 1 aromatic rings. The summed E-state index contributed by atoms with van der Waals surface area (Å²) in [5.74, 6) is 0.902. The highest BCUT2D eigenvalue weighted by Gasteiger charge is 2.22. The zero-order valence-corrected chi connectivity index (χ0v) is 13.5. The molecule has 0 saturated carbocycles. The maximum atomic E-state index is 11.7. The van der Waals surface area contributed by atoms with Crippen LogP contribution in [0.2, 0.25) is 0 Å². The first-order valence-corrected chi connectivity index (χ1v) is 7.73. The Hall–Kier alpha value is -1.66. The Morgan fingerprint density at radius 1 is 1.41 bits per heavy atom. The van der Waals surface area contributed by atoms with Crippen molar-refractivity contribution in [3.05, 3.63) is 18.3 Å². The van der Waals surface area contributed by atoms with Gasteiger partial charge in [-0.3, -0.25) is 4.79 Å². The van der Waals surface area contributed by atoms with Crippen LogP contribution < -0.4 is 10.2 Å². The molecule has 0 spiro atoms. The van der Waals surface area contributed by atoms with Gasteiger partial charge in [0.05, 0.1) is 24.1 Å². The number of ether oxygens (including phenoxy) is 2. The van der Waals surface area contributed by atoms with Crippen LogP contribution in [0, 0.1) is 0 Å². The van der Waals surface area contributed by atoms with E-state index in [1.54, 1.807) is 13.3 Å². The Bertz CT molecular complexity index is 468. The van der Waals surface area contributed by atoms with Crippen molar-refractivity contribution in [2.75, 3.05) is 37.0 Å². The molecule has 0 unspecified atom stereocenters. The second-order valence-corrected chi connectivity index (χ2v) is 5.71. The summed E-state index contributed by atoms with van der Waals surface area (Å²) in [5.41, 5.74) is 0.723. The third-order valence-corrected chi connectivity index (χ3v) is 3.53. The standard InChI is InChI=1S/C16H25N3O3/c1-12-10-19(11-13(2)22-12)15-7-6-14(9-17-15)18-16(20)5-4-8-21-3/h6-7,9,12-13H,4-5,8,10-11H2,1-3H3,(H,18,20)/t12-,13-/m0/s1. The molecule has 1 saturated heterocycles. The summed E-state index contributed by atoms with van der Waals surface area (Å²) in [4.78, 5) is 18.4. The average Bonchev–Trinajstić information content (AvgIpc) is 2.47. The summed E-state index contributed by atoms with van der Waals surface area (Å²) in [7, 11) is 1.63. The van der Waals surface area contributed by atoms with Crippen LogP contribution in [0.5, 0.6) is 0 Å². The van der Waals surface area contributed by atoms with Crippen LogP contribution in [0.1, 0.15) is 26.7 Å². The second-order valence-electron chi connectivity index (χ2n) is 5.71. The molecule has 0 aromatic carbocycles. The number of aromatic nitrogens is 1. The summed E-state index contributed by atoms with van der Waals surface area (Å²) < 4.78 is 10.7. The molecule has 122 valence electrons. The van der Waals surface area contributed by atoms with Crippen molar-refractivity contribution in [3.63, 3.8) is 0 Å². The van der Waals surface area contributed by atoms with E-state index >= 15 is 0 Å². The van der Waals surface area contributed by atoms with Gasteiger partial charge < -0.3 is 19.7 Å². The minimum atomic E-state index is -0.0137. The fourth-order valence-corrected chi connectivity index (χ4v) is 2.61. The summed E-state index contributed by atoms with van der Waals surface area (Å²) in [6.07, 6.45) is 3.27. The monoisotopic (exact) mass is 307 g/mol. The zero-order chi connectivity index (χ0) is 15.9. The Morgan fingerprint density at radius 2 is 2.14 bits per heavy atom. The minimum Gasteiger partial charge on any atom is -0.385 e. The Morgan fingerprint density at radius 3 is 2.73 bits per heavy atom. The smallest absolute Gasteiger partial charge is 0.224 e. The normalized spacial score (nSPS) is 21.7. The lowest BCUT2D eigenvalue weighted by atomic mass is 10.2. The van der Waals surface area contributed by atoms with Crippen molar-refractivity contribution in [3.8, 4) is 0 Å². The molecule has 6 nitrogen and oxygen atoms in total. The maximum Gasteiger partial charge on any atom is 0.224 e. The van der Waals surface area contributed by atoms with E-state index in [9.17, 15) is 4.79 Å². The molecule has 1 N–H and O–H groups in total. The number of anilines is 2. The molecule has 6 heteroatoms. The number of carbonyl (C=O) groups excluding carboxylic acids is 1. The first-order valence-electron chi connectivity index (χ1n) is 7.73. The second kappa shape index (κ2) is 8.10. The van der Waals surface area contributed by atoms with E-state index in [1.807, 2.05) is 12.1 Å². The number of hydrogen-bond donors (Lipinski definition) is 1. The lowest BCUT2D eigenvalue weighted by Crippen LogP contribution is -2.45. The predicted molar refractivity (Wildman–Crippen MR) is 86.2 cm³/mol. The summed E-state index contributed by atoms with van der Waals surface area (Å²) in [6, 6.07) is 3.83. The van der Waals surface area contributed by atoms with Crippen LogP contribution in [-0.4, -0.2) is 49.9 Å². The lowest BCUT2D eigenvalue weighted by molar-refractivity contribution is -0.116. The van der Waals surface area contributed by atoms with Crippen LogP contribution in [0.15, 0.2) is 18.3 Å². The van der Waals surface area contributed by atoms with Crippen LogP contribution in [0.4, 0.5) is 11.5 Å². The van der Waals surface area contributed by atoms with E-state index in [-0.39, 0.29) is 18.1 Å². The number of nitrogens with one attached hydrogen (secondary N) is 1. The molecular formula is C16H25N3O3. The van der Waals surface area contributed by atoms with Gasteiger partial charge in [-0.25, -0.2) is 4.98 Å². The first kappa shape index (κ1) is 16.7. The molecule has 1 aliphatic heterocycles. The fraction of sp³-hybridized carbons (Fsp3) is 0.625. The van der Waals surface area contributed by atoms with Gasteiger partial charge in [0.2, 0.25) is 5.91 Å². The number of morpholine rings is 1. The summed E-state index contributed by atoms with van der Waals surface area (Å²) >= 11 is 0. The molecule has 0 radical (unpaired) electrons. The van der Waals surface area contributed by atoms with Gasteiger partial charge in [0.15, 0.2) is 0 Å². The van der Waals surface area contributed by atoms with E-state index < -0.39 is 0 Å². The van der Waals surface area contributed by atoms with Gasteiger partial charge in [0.25, 0.3) is 0 Å². The van der Waals surface area contributed by atoms with Crippen LogP contribution in [-0.2, 0) is 14.3 Å². The topological polar surface area (TPSA) is 63.7 Å². The largest absolute Gasteiger partial charge is 0.385 e. The highest BCUT2D eigenvalue weighted by Crippen LogP contribution is 2.19. The zero-order valence-electron chi connectivity index (χ0n) is 13.5. The molecule has 22 heavy (non-hydrogen) atoms. The summed E-state index contributed by atoms with van der Waals surface area (Å²) in [6.45, 7) is 6.40. The molecule has 1 fully saturated rings. The van der Waals surface area contributed by atoms with Crippen molar-refractivity contribution in [2.24, 2.45) is 0 Å². The average molecular weight is 307 g/mol. The number of nitrogens with zero attached hydrogens (tertiary/aromatic N) is 2. The van der Waals surface area contributed by atoms with Gasteiger partial charge in [0.1, 0.15) is 5.82 Å². The number of amides is 1. The fourth-order valence-electron chi connectivity index (χ4n) is 2.61. The van der Waals surface area contributed by atoms with E-state index in [2.05, 4.69) is 29.0 Å². The summed E-state index contributed by atoms with van der Waals surface area (Å²) in [5, 5.41) is 2.85. The predicted octanol–water partition coefficient (Wildman–Crippen LogP) is 2.06. The van der Waals surface area contributed by atoms with Crippen LogP contribution >= 0.6 is 0 Å². The maximum absolute atomic E-state index is 11.7. The molecule has 2 rings (SSSR count). The highest BCUT2D eigenvalue weighted by atomic mass is 16.5. The number of methoxy groups -OCH3 is 1. The van der Waals surface area contributed by atoms with E-state index in [1.165, 1.54) is 0 Å². The third kappa shape index (κ3) is 4.96. The van der Waals surface area contributed by atoms with Crippen molar-refractivity contribution in [1.82, 2.24) is 4.98 Å². The Kier molecular flexibility index (Phi) is 6.15.